The van der Waals surface area contributed by atoms with E-state index in [1.807, 2.05) is 21.6 Å². The van der Waals surface area contributed by atoms with Gasteiger partial charge in [0.1, 0.15) is 0 Å². The Hall–Kier alpha value is -0.230. The van der Waals surface area contributed by atoms with Crippen molar-refractivity contribution in [2.24, 2.45) is 16.2 Å². The van der Waals surface area contributed by atoms with E-state index in [9.17, 15) is 0 Å². The summed E-state index contributed by atoms with van der Waals surface area (Å²) in [4.78, 5) is 0. The Balaban J connectivity index is 1.84. The Labute approximate surface area is 92.2 Å². The lowest BCUT2D eigenvalue weighted by molar-refractivity contribution is 0.302. The molecule has 0 unspecified atom stereocenters. The maximum absolute atomic E-state index is 7.95. The monoisotopic (exact) mass is 232 g/mol. The molecule has 4 nitrogen and oxygen atoms in total. The largest absolute Gasteiger partial charge is 0.504 e. The van der Waals surface area contributed by atoms with Crippen molar-refractivity contribution in [3.63, 3.8) is 0 Å². The van der Waals surface area contributed by atoms with Gasteiger partial charge in [0.15, 0.2) is 0 Å². The fraction of sp³-hybridized carbons (Fsp3) is 0.875. The van der Waals surface area contributed by atoms with Crippen LogP contribution in [0.5, 0.6) is 0 Å². The first-order chi connectivity index (χ1) is 6.93. The Kier molecular flexibility index (Phi) is 6.86. The van der Waals surface area contributed by atoms with E-state index in [0.717, 1.165) is 12.3 Å². The molecule has 1 aliphatic heterocycles. The summed E-state index contributed by atoms with van der Waals surface area (Å²) in [6.45, 7) is 0.659. The second-order valence-corrected chi connectivity index (χ2v) is 5.66. The molecular formula is C8H14N3OS2-. The maximum atomic E-state index is 7.95. The SMILES string of the molecule is [N-]=N/N=C/OCCCCC1CSSC1. The van der Waals surface area contributed by atoms with Crippen molar-refractivity contribution in [1.29, 1.82) is 0 Å². The lowest BCUT2D eigenvalue weighted by Gasteiger charge is -2.06. The molecule has 0 atom stereocenters. The Morgan fingerprint density at radius 2 is 2.14 bits per heavy atom. The van der Waals surface area contributed by atoms with Crippen molar-refractivity contribution in [2.75, 3.05) is 18.1 Å². The zero-order chi connectivity index (χ0) is 10.1. The number of unbranched alkanes of at least 4 members (excludes halogenated alkanes) is 1. The minimum absolute atomic E-state index is 0.659. The van der Waals surface area contributed by atoms with Crippen LogP contribution in [0.15, 0.2) is 10.3 Å². The van der Waals surface area contributed by atoms with Gasteiger partial charge in [0.2, 0.25) is 0 Å². The second-order valence-electron chi connectivity index (χ2n) is 3.11. The molecule has 0 aromatic heterocycles. The molecule has 0 spiro atoms. The summed E-state index contributed by atoms with van der Waals surface area (Å²) in [6, 6.07) is 0. The molecule has 6 heteroatoms. The van der Waals surface area contributed by atoms with E-state index in [2.05, 4.69) is 10.3 Å². The van der Waals surface area contributed by atoms with Crippen LogP contribution in [-0.2, 0) is 4.74 Å². The highest BCUT2D eigenvalue weighted by Crippen LogP contribution is 2.36. The Bertz CT molecular complexity index is 183. The fourth-order valence-corrected chi connectivity index (χ4v) is 4.26. The average molecular weight is 232 g/mol. The van der Waals surface area contributed by atoms with Crippen LogP contribution < -0.4 is 0 Å². The van der Waals surface area contributed by atoms with E-state index >= 15 is 0 Å². The summed E-state index contributed by atoms with van der Waals surface area (Å²) in [7, 11) is 3.96. The fourth-order valence-electron chi connectivity index (χ4n) is 1.23. The van der Waals surface area contributed by atoms with Crippen molar-refractivity contribution >= 4 is 28.0 Å². The van der Waals surface area contributed by atoms with Gasteiger partial charge in [-0.15, -0.1) is 0 Å². The van der Waals surface area contributed by atoms with Gasteiger partial charge in [-0.05, 0) is 25.2 Å². The van der Waals surface area contributed by atoms with Gasteiger partial charge in [-0.2, -0.15) is 0 Å². The lowest BCUT2D eigenvalue weighted by atomic mass is 10.1. The van der Waals surface area contributed by atoms with Gasteiger partial charge in [-0.3, -0.25) is 5.22 Å². The summed E-state index contributed by atoms with van der Waals surface area (Å²) >= 11 is 0. The second kappa shape index (κ2) is 8.11. The van der Waals surface area contributed by atoms with E-state index in [1.165, 1.54) is 30.7 Å². The van der Waals surface area contributed by atoms with Crippen molar-refractivity contribution in [3.8, 4) is 0 Å². The van der Waals surface area contributed by atoms with Crippen LogP contribution in [0.1, 0.15) is 19.3 Å². The molecule has 0 bridgehead atoms. The van der Waals surface area contributed by atoms with Gasteiger partial charge in [-0.1, -0.05) is 21.6 Å². The van der Waals surface area contributed by atoms with Gasteiger partial charge in [0.25, 0.3) is 0 Å². The summed E-state index contributed by atoms with van der Waals surface area (Å²) < 4.78 is 4.98. The summed E-state index contributed by atoms with van der Waals surface area (Å²) in [5.74, 6) is 3.50. The third kappa shape index (κ3) is 5.49. The molecule has 0 saturated carbocycles. The molecule has 0 aromatic rings. The molecule has 1 fully saturated rings. The first-order valence-electron chi connectivity index (χ1n) is 4.65. The van der Waals surface area contributed by atoms with Crippen LogP contribution in [-0.4, -0.2) is 24.5 Å². The van der Waals surface area contributed by atoms with E-state index in [0.29, 0.717) is 6.61 Å². The zero-order valence-electron chi connectivity index (χ0n) is 7.96. The van der Waals surface area contributed by atoms with Crippen LogP contribution in [0.25, 0.3) is 5.53 Å². The van der Waals surface area contributed by atoms with Crippen LogP contribution in [0.2, 0.25) is 0 Å². The zero-order valence-corrected chi connectivity index (χ0v) is 9.60. The third-order valence-corrected chi connectivity index (χ3v) is 4.69. The van der Waals surface area contributed by atoms with E-state index < -0.39 is 0 Å². The highest BCUT2D eigenvalue weighted by Gasteiger charge is 2.15. The standard InChI is InChI=1S/C8H14N3OS2/c9-11-10-7-12-4-2-1-3-8-5-13-14-6-8/h7-8H,1-6H2/q-1/b10-7+. The number of rotatable bonds is 7. The number of ether oxygens (including phenoxy) is 1. The van der Waals surface area contributed by atoms with Crippen molar-refractivity contribution in [1.82, 2.24) is 0 Å². The van der Waals surface area contributed by atoms with Crippen LogP contribution >= 0.6 is 21.6 Å². The van der Waals surface area contributed by atoms with Crippen LogP contribution in [0, 0.1) is 5.92 Å². The molecule has 0 amide bonds. The molecule has 1 saturated heterocycles. The predicted octanol–water partition coefficient (Wildman–Crippen LogP) is 3.15. The summed E-state index contributed by atoms with van der Waals surface area (Å²) in [5, 5.41) is 5.73. The highest BCUT2D eigenvalue weighted by atomic mass is 33.1. The van der Waals surface area contributed by atoms with Gasteiger partial charge in [0.05, 0.1) is 13.0 Å². The molecule has 0 aromatic carbocycles. The number of hydrogen-bond donors (Lipinski definition) is 0. The van der Waals surface area contributed by atoms with Crippen molar-refractivity contribution in [3.05, 3.63) is 5.53 Å². The van der Waals surface area contributed by atoms with Crippen LogP contribution in [0.3, 0.4) is 0 Å². The van der Waals surface area contributed by atoms with Crippen LogP contribution in [0.4, 0.5) is 0 Å². The maximum Gasteiger partial charge on any atom is 0.0869 e. The molecule has 1 heterocycles. The normalized spacial score (nSPS) is 17.7. The molecule has 0 N–H and O–H groups in total. The molecule has 1 rings (SSSR count). The Morgan fingerprint density at radius 1 is 1.36 bits per heavy atom. The van der Waals surface area contributed by atoms with Gasteiger partial charge in [-0.25, -0.2) is 0 Å². The first-order valence-corrected chi connectivity index (χ1v) is 7.14. The van der Waals surface area contributed by atoms with Gasteiger partial charge < -0.3 is 15.4 Å². The quantitative estimate of drug-likeness (QED) is 0.169. The van der Waals surface area contributed by atoms with Gasteiger partial charge >= 0.3 is 0 Å². The minimum Gasteiger partial charge on any atom is -0.504 e. The lowest BCUT2D eigenvalue weighted by Crippen LogP contribution is -2.01. The highest BCUT2D eigenvalue weighted by molar-refractivity contribution is 8.77. The molecule has 14 heavy (non-hydrogen) atoms. The topological polar surface area (TPSA) is 56.2 Å². The summed E-state index contributed by atoms with van der Waals surface area (Å²) in [5.41, 5.74) is 7.95. The number of hydrogen-bond acceptors (Lipinski definition) is 4. The third-order valence-electron chi connectivity index (χ3n) is 1.99. The van der Waals surface area contributed by atoms with E-state index in [-0.39, 0.29) is 0 Å². The minimum atomic E-state index is 0.659. The molecule has 0 aliphatic carbocycles. The van der Waals surface area contributed by atoms with E-state index in [4.69, 9.17) is 10.3 Å². The van der Waals surface area contributed by atoms with Crippen molar-refractivity contribution in [2.45, 2.75) is 19.3 Å². The molecule has 0 radical (unpaired) electrons. The molecule has 80 valence electrons. The molecule has 1 aliphatic rings. The Morgan fingerprint density at radius 3 is 2.86 bits per heavy atom. The first kappa shape index (κ1) is 11.8. The number of nitrogens with zero attached hydrogens (tertiary/aromatic N) is 3. The van der Waals surface area contributed by atoms with Crippen molar-refractivity contribution < 1.29 is 4.74 Å². The average Bonchev–Trinajstić information content (AvgIpc) is 2.69. The molecular weight excluding hydrogens is 218 g/mol. The van der Waals surface area contributed by atoms with Gasteiger partial charge in [0, 0.05) is 11.5 Å². The van der Waals surface area contributed by atoms with E-state index in [1.54, 1.807) is 0 Å². The summed E-state index contributed by atoms with van der Waals surface area (Å²) in [6.07, 6.45) is 4.71. The predicted molar refractivity (Wildman–Crippen MR) is 62.5 cm³/mol. The smallest absolute Gasteiger partial charge is 0.0869 e.